The number of hydrogen-bond donors (Lipinski definition) is 1. The van der Waals surface area contributed by atoms with Crippen molar-refractivity contribution in [2.24, 2.45) is 0 Å². The number of aromatic nitrogens is 3. The predicted octanol–water partition coefficient (Wildman–Crippen LogP) is 2.36. The highest BCUT2D eigenvalue weighted by Crippen LogP contribution is 2.47. The zero-order valence-electron chi connectivity index (χ0n) is 21.4. The van der Waals surface area contributed by atoms with Gasteiger partial charge in [-0.2, -0.15) is 0 Å². The molecule has 2 aromatic carbocycles. The highest BCUT2D eigenvalue weighted by atomic mass is 16.5. The Bertz CT molecular complexity index is 1620. The number of benzene rings is 2. The molecule has 0 amide bonds. The van der Waals surface area contributed by atoms with Gasteiger partial charge in [0.1, 0.15) is 29.2 Å². The van der Waals surface area contributed by atoms with Gasteiger partial charge in [0.05, 0.1) is 12.2 Å². The number of ether oxygens (including phenoxy) is 2. The van der Waals surface area contributed by atoms with E-state index in [4.69, 9.17) is 9.47 Å². The van der Waals surface area contributed by atoms with Crippen LogP contribution in [0.4, 0.5) is 0 Å². The maximum Gasteiger partial charge on any atom is 0.352 e. The van der Waals surface area contributed by atoms with Crippen molar-refractivity contribution >= 4 is 11.8 Å². The van der Waals surface area contributed by atoms with Gasteiger partial charge in [0.15, 0.2) is 5.78 Å². The summed E-state index contributed by atoms with van der Waals surface area (Å²) in [5.41, 5.74) is 0.684. The molecule has 4 heterocycles. The van der Waals surface area contributed by atoms with Crippen molar-refractivity contribution in [3.63, 3.8) is 0 Å². The SMILES string of the molecule is CC(=O)c1ccc(-n2c(=O)n3n(c2=O)C2C(=CC3)C(C)(C)Oc3cc(OC(=O)[C@@H]4CCCN4)ccc32)cc1. The van der Waals surface area contributed by atoms with Gasteiger partial charge in [0.2, 0.25) is 0 Å². The summed E-state index contributed by atoms with van der Waals surface area (Å²) >= 11 is 0. The molecule has 1 N–H and O–H groups in total. The Morgan fingerprint density at radius 2 is 1.84 bits per heavy atom. The van der Waals surface area contributed by atoms with Crippen LogP contribution in [-0.4, -0.2) is 43.9 Å². The molecule has 6 rings (SSSR count). The fraction of sp³-hybridized carbons (Fsp3) is 0.357. The van der Waals surface area contributed by atoms with Crippen LogP contribution in [0.2, 0.25) is 0 Å². The zero-order valence-corrected chi connectivity index (χ0v) is 21.4. The third kappa shape index (κ3) is 3.75. The van der Waals surface area contributed by atoms with Crippen molar-refractivity contribution in [2.45, 2.75) is 57.8 Å². The number of rotatable bonds is 4. The number of Topliss-reactive ketones (excluding diaryl/α,β-unsaturated/α-hetero) is 1. The first-order valence-electron chi connectivity index (χ1n) is 12.7. The van der Waals surface area contributed by atoms with E-state index in [-0.39, 0.29) is 24.3 Å². The number of hydrogen-bond acceptors (Lipinski definition) is 7. The van der Waals surface area contributed by atoms with Crippen molar-refractivity contribution in [3.05, 3.63) is 86.2 Å². The van der Waals surface area contributed by atoms with Crippen LogP contribution in [0.25, 0.3) is 5.69 Å². The Hall–Kier alpha value is -4.18. The number of esters is 1. The van der Waals surface area contributed by atoms with Gasteiger partial charge in [-0.15, -0.1) is 0 Å². The van der Waals surface area contributed by atoms with Crippen molar-refractivity contribution in [1.82, 2.24) is 19.2 Å². The number of carbonyl (C=O) groups excluding carboxylic acids is 2. The van der Waals surface area contributed by atoms with Gasteiger partial charge < -0.3 is 14.8 Å². The molecule has 1 fully saturated rings. The monoisotopic (exact) mass is 516 g/mol. The molecule has 10 heteroatoms. The molecule has 1 aromatic heterocycles. The van der Waals surface area contributed by atoms with E-state index in [1.54, 1.807) is 42.5 Å². The Morgan fingerprint density at radius 3 is 2.53 bits per heavy atom. The molecule has 0 radical (unpaired) electrons. The van der Waals surface area contributed by atoms with E-state index in [0.29, 0.717) is 28.3 Å². The summed E-state index contributed by atoms with van der Waals surface area (Å²) in [6.07, 6.45) is 3.59. The number of ketones is 1. The second kappa shape index (κ2) is 8.70. The van der Waals surface area contributed by atoms with Crippen molar-refractivity contribution in [3.8, 4) is 17.2 Å². The summed E-state index contributed by atoms with van der Waals surface area (Å²) in [4.78, 5) is 51.4. The van der Waals surface area contributed by atoms with E-state index in [1.807, 2.05) is 19.9 Å². The lowest BCUT2D eigenvalue weighted by atomic mass is 9.83. The first-order valence-corrected chi connectivity index (χ1v) is 12.7. The maximum absolute atomic E-state index is 13.8. The average molecular weight is 517 g/mol. The second-order valence-electron chi connectivity index (χ2n) is 10.4. The molecule has 0 aliphatic carbocycles. The number of nitrogens with zero attached hydrogens (tertiary/aromatic N) is 3. The molecule has 196 valence electrons. The van der Waals surface area contributed by atoms with Crippen molar-refractivity contribution < 1.29 is 19.1 Å². The summed E-state index contributed by atoms with van der Waals surface area (Å²) in [6.45, 7) is 6.28. The summed E-state index contributed by atoms with van der Waals surface area (Å²) in [5, 5.41) is 3.13. The van der Waals surface area contributed by atoms with Crippen LogP contribution in [-0.2, 0) is 11.3 Å². The van der Waals surface area contributed by atoms with Crippen LogP contribution in [0.15, 0.2) is 63.7 Å². The standard InChI is InChI=1S/C28H28N4O6/c1-16(33)17-6-8-18(9-7-17)31-26(35)30-14-12-21-24(32(30)27(31)36)20-11-10-19(15-23(20)38-28(21,2)3)37-25(34)22-5-4-13-29-22/h6-12,15,22,24,29H,4-5,13-14H2,1-3H3/t22-,24?/m0/s1. The lowest BCUT2D eigenvalue weighted by Crippen LogP contribution is -2.46. The Kier molecular flexibility index (Phi) is 5.53. The predicted molar refractivity (Wildman–Crippen MR) is 138 cm³/mol. The molecule has 38 heavy (non-hydrogen) atoms. The normalized spacial score (nSPS) is 21.0. The maximum atomic E-state index is 13.8. The third-order valence-electron chi connectivity index (χ3n) is 7.52. The first kappa shape index (κ1) is 24.2. The molecule has 0 spiro atoms. The van der Waals surface area contributed by atoms with Crippen molar-refractivity contribution in [2.75, 3.05) is 6.54 Å². The quantitative estimate of drug-likeness (QED) is 0.245. The van der Waals surface area contributed by atoms with E-state index in [0.717, 1.165) is 29.5 Å². The Labute approximate surface area is 218 Å². The van der Waals surface area contributed by atoms with E-state index in [1.165, 1.54) is 16.3 Å². The Balaban J connectivity index is 1.43. The second-order valence-corrected chi connectivity index (χ2v) is 10.4. The molecule has 1 saturated heterocycles. The van der Waals surface area contributed by atoms with E-state index in [2.05, 4.69) is 5.32 Å². The molecule has 1 unspecified atom stereocenters. The Morgan fingerprint density at radius 1 is 1.08 bits per heavy atom. The van der Waals surface area contributed by atoms with Crippen molar-refractivity contribution in [1.29, 1.82) is 0 Å². The summed E-state index contributed by atoms with van der Waals surface area (Å²) in [6, 6.07) is 10.6. The molecule has 3 aliphatic rings. The van der Waals surface area contributed by atoms with Gasteiger partial charge in [-0.25, -0.2) is 28.3 Å². The number of nitrogens with one attached hydrogen (secondary N) is 1. The smallest absolute Gasteiger partial charge is 0.352 e. The van der Waals surface area contributed by atoms with Crippen LogP contribution < -0.4 is 26.2 Å². The van der Waals surface area contributed by atoms with Crippen LogP contribution >= 0.6 is 0 Å². The lowest BCUT2D eigenvalue weighted by molar-refractivity contribution is -0.136. The van der Waals surface area contributed by atoms with E-state index < -0.39 is 23.0 Å². The number of carbonyl (C=O) groups is 2. The summed E-state index contributed by atoms with van der Waals surface area (Å²) in [7, 11) is 0. The zero-order chi connectivity index (χ0) is 26.8. The third-order valence-corrected chi connectivity index (χ3v) is 7.52. The molecule has 0 bridgehead atoms. The molecular formula is C28H28N4O6. The van der Waals surface area contributed by atoms with Crippen LogP contribution in [0, 0.1) is 0 Å². The summed E-state index contributed by atoms with van der Waals surface area (Å²) in [5.74, 6) is 0.396. The number of allylic oxidation sites excluding steroid dienone is 1. The minimum atomic E-state index is -0.778. The lowest BCUT2D eigenvalue weighted by Gasteiger charge is -2.42. The molecule has 10 nitrogen and oxygen atoms in total. The fourth-order valence-corrected chi connectivity index (χ4v) is 5.58. The largest absolute Gasteiger partial charge is 0.483 e. The van der Waals surface area contributed by atoms with Gasteiger partial charge >= 0.3 is 17.3 Å². The van der Waals surface area contributed by atoms with Gasteiger partial charge in [0, 0.05) is 17.2 Å². The highest BCUT2D eigenvalue weighted by Gasteiger charge is 2.44. The van der Waals surface area contributed by atoms with Gasteiger partial charge in [0.25, 0.3) is 0 Å². The minimum absolute atomic E-state index is 0.101. The van der Waals surface area contributed by atoms with Crippen LogP contribution in [0.5, 0.6) is 11.5 Å². The average Bonchev–Trinajstić information content (AvgIpc) is 3.51. The van der Waals surface area contributed by atoms with E-state index >= 15 is 0 Å². The summed E-state index contributed by atoms with van der Waals surface area (Å²) < 4.78 is 16.0. The minimum Gasteiger partial charge on any atom is -0.483 e. The fourth-order valence-electron chi connectivity index (χ4n) is 5.58. The number of fused-ring (bicyclic) bond motifs is 5. The molecule has 2 atom stereocenters. The molecule has 3 aromatic rings. The van der Waals surface area contributed by atoms with E-state index in [9.17, 15) is 19.2 Å². The van der Waals surface area contributed by atoms with Crippen LogP contribution in [0.3, 0.4) is 0 Å². The van der Waals surface area contributed by atoms with Crippen LogP contribution in [0.1, 0.15) is 55.6 Å². The van der Waals surface area contributed by atoms with Gasteiger partial charge in [-0.05, 0) is 82.1 Å². The molecular weight excluding hydrogens is 488 g/mol. The molecule has 0 saturated carbocycles. The first-order chi connectivity index (χ1) is 18.2. The molecule has 3 aliphatic heterocycles. The topological polar surface area (TPSA) is 114 Å². The van der Waals surface area contributed by atoms with Gasteiger partial charge in [-0.1, -0.05) is 6.08 Å². The highest BCUT2D eigenvalue weighted by molar-refractivity contribution is 5.94. The van der Waals surface area contributed by atoms with Gasteiger partial charge in [-0.3, -0.25) is 4.79 Å².